The summed E-state index contributed by atoms with van der Waals surface area (Å²) < 4.78 is 28.0. The molecule has 0 aliphatic carbocycles. The summed E-state index contributed by atoms with van der Waals surface area (Å²) in [6, 6.07) is 16.9. The number of fused-ring (bicyclic) bond motifs is 1. The number of halogens is 1. The molecule has 1 heterocycles. The van der Waals surface area contributed by atoms with Gasteiger partial charge in [0.2, 0.25) is 11.8 Å². The number of nitrogens with zero attached hydrogens (tertiary/aromatic N) is 4. The molecule has 1 aromatic heterocycles. The van der Waals surface area contributed by atoms with E-state index in [0.717, 1.165) is 6.42 Å². The monoisotopic (exact) mass is 547 g/mol. The third kappa shape index (κ3) is 6.39. The first-order chi connectivity index (χ1) is 19.3. The Morgan fingerprint density at radius 2 is 1.80 bits per heavy atom. The van der Waals surface area contributed by atoms with Crippen LogP contribution in [-0.2, 0) is 16.1 Å². The standard InChI is InChI=1S/C30H34FN5O4/c1-5-40-26-15-14-21(18-27(26)39-4)29(30(38)32-17-16-20(2)3)36(24-12-8-6-10-22(24)31)28(37)19-35-25-13-9-7-11-23(25)33-34-35/h6-15,18,20,29H,5,16-17,19H2,1-4H3,(H,32,38)/t29-/m0/s1. The number of hydrogen-bond acceptors (Lipinski definition) is 6. The highest BCUT2D eigenvalue weighted by atomic mass is 19.1. The molecule has 0 spiro atoms. The van der Waals surface area contributed by atoms with Crippen LogP contribution >= 0.6 is 0 Å². The average molecular weight is 548 g/mol. The Morgan fingerprint density at radius 1 is 1.05 bits per heavy atom. The maximum Gasteiger partial charge on any atom is 0.249 e. The van der Waals surface area contributed by atoms with Crippen molar-refractivity contribution in [3.8, 4) is 11.5 Å². The van der Waals surface area contributed by atoms with Crippen LogP contribution < -0.4 is 19.7 Å². The third-order valence-electron chi connectivity index (χ3n) is 6.42. The highest BCUT2D eigenvalue weighted by molar-refractivity contribution is 6.01. The van der Waals surface area contributed by atoms with Crippen LogP contribution in [0.1, 0.15) is 38.8 Å². The first kappa shape index (κ1) is 28.5. The van der Waals surface area contributed by atoms with Crippen LogP contribution in [-0.4, -0.2) is 47.1 Å². The average Bonchev–Trinajstić information content (AvgIpc) is 3.35. The number of carbonyl (C=O) groups is 2. The fourth-order valence-electron chi connectivity index (χ4n) is 4.43. The molecule has 40 heavy (non-hydrogen) atoms. The van der Waals surface area contributed by atoms with Gasteiger partial charge in [-0.05, 0) is 61.2 Å². The molecular formula is C30H34FN5O4. The number of hydrogen-bond donors (Lipinski definition) is 1. The number of benzene rings is 3. The molecule has 0 aliphatic heterocycles. The van der Waals surface area contributed by atoms with Gasteiger partial charge >= 0.3 is 0 Å². The number of carbonyl (C=O) groups excluding carboxylic acids is 2. The van der Waals surface area contributed by atoms with Crippen LogP contribution in [0.5, 0.6) is 11.5 Å². The van der Waals surface area contributed by atoms with Crippen molar-refractivity contribution >= 4 is 28.5 Å². The van der Waals surface area contributed by atoms with Crippen LogP contribution in [0.2, 0.25) is 0 Å². The molecule has 1 N–H and O–H groups in total. The summed E-state index contributed by atoms with van der Waals surface area (Å²) in [4.78, 5) is 29.1. The maximum atomic E-state index is 15.3. The van der Waals surface area contributed by atoms with Crippen molar-refractivity contribution in [2.45, 2.75) is 39.8 Å². The lowest BCUT2D eigenvalue weighted by Gasteiger charge is -2.32. The number of para-hydroxylation sites is 2. The molecule has 0 fully saturated rings. The molecule has 0 saturated heterocycles. The topological polar surface area (TPSA) is 98.6 Å². The number of nitrogens with one attached hydrogen (secondary N) is 1. The lowest BCUT2D eigenvalue weighted by Crippen LogP contribution is -2.46. The predicted molar refractivity (Wildman–Crippen MR) is 151 cm³/mol. The minimum Gasteiger partial charge on any atom is -0.493 e. The van der Waals surface area contributed by atoms with Gasteiger partial charge in [0.25, 0.3) is 0 Å². The molecule has 9 nitrogen and oxygen atoms in total. The number of amides is 2. The van der Waals surface area contributed by atoms with Gasteiger partial charge in [0.15, 0.2) is 11.5 Å². The molecule has 10 heteroatoms. The van der Waals surface area contributed by atoms with Crippen LogP contribution in [0, 0.1) is 11.7 Å². The van der Waals surface area contributed by atoms with E-state index < -0.39 is 23.7 Å². The smallest absolute Gasteiger partial charge is 0.249 e. The summed E-state index contributed by atoms with van der Waals surface area (Å²) in [6.07, 6.45) is 0.740. The van der Waals surface area contributed by atoms with Gasteiger partial charge in [-0.15, -0.1) is 5.10 Å². The molecule has 1 atom stereocenters. The largest absolute Gasteiger partial charge is 0.493 e. The van der Waals surface area contributed by atoms with Crippen molar-refractivity contribution in [1.82, 2.24) is 20.3 Å². The van der Waals surface area contributed by atoms with Crippen molar-refractivity contribution in [2.75, 3.05) is 25.2 Å². The Morgan fingerprint density at radius 3 is 2.52 bits per heavy atom. The predicted octanol–water partition coefficient (Wildman–Crippen LogP) is 4.91. The lowest BCUT2D eigenvalue weighted by atomic mass is 10.0. The van der Waals surface area contributed by atoms with Gasteiger partial charge in [0, 0.05) is 6.54 Å². The fraction of sp³-hybridized carbons (Fsp3) is 0.333. The molecule has 0 saturated carbocycles. The summed E-state index contributed by atoms with van der Waals surface area (Å²) in [6.45, 7) is 6.51. The van der Waals surface area contributed by atoms with E-state index in [4.69, 9.17) is 9.47 Å². The van der Waals surface area contributed by atoms with Gasteiger partial charge in [0.1, 0.15) is 23.9 Å². The van der Waals surface area contributed by atoms with E-state index >= 15 is 4.39 Å². The third-order valence-corrected chi connectivity index (χ3v) is 6.42. The van der Waals surface area contributed by atoms with Crippen LogP contribution in [0.25, 0.3) is 11.0 Å². The quantitative estimate of drug-likeness (QED) is 0.271. The van der Waals surface area contributed by atoms with Crippen LogP contribution in [0.15, 0.2) is 66.7 Å². The molecule has 2 amide bonds. The summed E-state index contributed by atoms with van der Waals surface area (Å²) in [7, 11) is 1.49. The van der Waals surface area contributed by atoms with Crippen LogP contribution in [0.4, 0.5) is 10.1 Å². The van der Waals surface area contributed by atoms with E-state index in [1.54, 1.807) is 36.4 Å². The van der Waals surface area contributed by atoms with E-state index in [9.17, 15) is 9.59 Å². The van der Waals surface area contributed by atoms with Gasteiger partial charge in [-0.25, -0.2) is 9.07 Å². The number of methoxy groups -OCH3 is 1. The molecule has 4 rings (SSSR count). The molecule has 0 radical (unpaired) electrons. The number of ether oxygens (including phenoxy) is 2. The van der Waals surface area contributed by atoms with Crippen LogP contribution in [0.3, 0.4) is 0 Å². The summed E-state index contributed by atoms with van der Waals surface area (Å²) in [5.41, 5.74) is 1.66. The second-order valence-corrected chi connectivity index (χ2v) is 9.67. The first-order valence-corrected chi connectivity index (χ1v) is 13.3. The Balaban J connectivity index is 1.82. The highest BCUT2D eigenvalue weighted by Crippen LogP contribution is 2.35. The molecule has 0 unspecified atom stereocenters. The van der Waals surface area contributed by atoms with E-state index in [1.807, 2.05) is 19.1 Å². The van der Waals surface area contributed by atoms with Gasteiger partial charge in [-0.2, -0.15) is 0 Å². The Bertz CT molecular complexity index is 1470. The zero-order chi connectivity index (χ0) is 28.6. The summed E-state index contributed by atoms with van der Waals surface area (Å²) in [5.74, 6) is -0.399. The number of aromatic nitrogens is 3. The lowest BCUT2D eigenvalue weighted by molar-refractivity contribution is -0.127. The molecule has 210 valence electrons. The molecule has 0 aliphatic rings. The Labute approximate surface area is 232 Å². The zero-order valence-electron chi connectivity index (χ0n) is 23.1. The van der Waals surface area contributed by atoms with Gasteiger partial charge < -0.3 is 14.8 Å². The SMILES string of the molecule is CCOc1ccc([C@@H](C(=O)NCCC(C)C)N(C(=O)Cn2nnc3ccccc32)c2ccccc2F)cc1OC. The molecule has 4 aromatic rings. The zero-order valence-corrected chi connectivity index (χ0v) is 23.1. The van der Waals surface area contributed by atoms with Crippen molar-refractivity contribution in [1.29, 1.82) is 0 Å². The Hall–Kier alpha value is -4.47. The second kappa shape index (κ2) is 13.1. The first-order valence-electron chi connectivity index (χ1n) is 13.3. The maximum absolute atomic E-state index is 15.3. The highest BCUT2D eigenvalue weighted by Gasteiger charge is 2.35. The molecule has 0 bridgehead atoms. The van der Waals surface area contributed by atoms with Gasteiger partial charge in [-0.3, -0.25) is 14.5 Å². The summed E-state index contributed by atoms with van der Waals surface area (Å²) >= 11 is 0. The van der Waals surface area contributed by atoms with Crippen molar-refractivity contribution < 1.29 is 23.5 Å². The number of anilines is 1. The van der Waals surface area contributed by atoms with Gasteiger partial charge in [-0.1, -0.05) is 49.4 Å². The molecular weight excluding hydrogens is 513 g/mol. The minimum atomic E-state index is -1.21. The van der Waals surface area contributed by atoms with Crippen molar-refractivity contribution in [3.63, 3.8) is 0 Å². The van der Waals surface area contributed by atoms with Crippen molar-refractivity contribution in [3.05, 3.63) is 78.1 Å². The van der Waals surface area contributed by atoms with Gasteiger partial charge in [0.05, 0.1) is 24.9 Å². The van der Waals surface area contributed by atoms with E-state index in [0.29, 0.717) is 47.2 Å². The Kier molecular flexibility index (Phi) is 9.31. The fourth-order valence-corrected chi connectivity index (χ4v) is 4.43. The summed E-state index contributed by atoms with van der Waals surface area (Å²) in [5, 5.41) is 11.2. The minimum absolute atomic E-state index is 0.0335. The second-order valence-electron chi connectivity index (χ2n) is 9.67. The van der Waals surface area contributed by atoms with E-state index in [-0.39, 0.29) is 12.2 Å². The molecule has 3 aromatic carbocycles. The van der Waals surface area contributed by atoms with Crippen molar-refractivity contribution in [2.24, 2.45) is 5.92 Å². The van der Waals surface area contributed by atoms with E-state index in [2.05, 4.69) is 29.5 Å². The van der Waals surface area contributed by atoms with E-state index in [1.165, 1.54) is 34.9 Å². The number of rotatable bonds is 12. The normalized spacial score (nSPS) is 11.8.